The molecule has 0 saturated heterocycles. The third-order valence-corrected chi connectivity index (χ3v) is 5.47. The third-order valence-electron chi connectivity index (χ3n) is 4.45. The van der Waals surface area contributed by atoms with E-state index in [9.17, 15) is 4.79 Å². The van der Waals surface area contributed by atoms with Gasteiger partial charge in [-0.15, -0.1) is 16.8 Å². The van der Waals surface area contributed by atoms with Crippen LogP contribution in [0.3, 0.4) is 0 Å². The summed E-state index contributed by atoms with van der Waals surface area (Å²) in [6, 6.07) is 16.9. The van der Waals surface area contributed by atoms with Crippen molar-refractivity contribution < 1.29 is 9.15 Å². The highest BCUT2D eigenvalue weighted by molar-refractivity contribution is 7.98. The normalized spacial score (nSPS) is 10.9. The molecular weight excluding hydrogens is 386 g/mol. The van der Waals surface area contributed by atoms with Gasteiger partial charge in [0.15, 0.2) is 11.0 Å². The Morgan fingerprint density at radius 2 is 2.00 bits per heavy atom. The Morgan fingerprint density at radius 3 is 2.76 bits per heavy atom. The molecule has 146 valence electrons. The molecular formula is C22H19N3O3S. The van der Waals surface area contributed by atoms with E-state index in [2.05, 4.69) is 16.8 Å². The van der Waals surface area contributed by atoms with Gasteiger partial charge in [-0.05, 0) is 17.7 Å². The van der Waals surface area contributed by atoms with Crippen LogP contribution in [0.1, 0.15) is 5.56 Å². The van der Waals surface area contributed by atoms with E-state index in [4.69, 9.17) is 9.15 Å². The number of hydrogen-bond acceptors (Lipinski definition) is 6. The fourth-order valence-corrected chi connectivity index (χ4v) is 4.03. The minimum absolute atomic E-state index is 0.390. The average Bonchev–Trinajstić information content (AvgIpc) is 3.15. The summed E-state index contributed by atoms with van der Waals surface area (Å²) >= 11 is 1.52. The SMILES string of the molecule is C=CCn1c(SCc2cc(=O)oc3cc(OC)ccc23)nnc1-c1ccccc1. The Labute approximate surface area is 171 Å². The first-order valence-electron chi connectivity index (χ1n) is 9.02. The summed E-state index contributed by atoms with van der Waals surface area (Å²) < 4.78 is 12.6. The van der Waals surface area contributed by atoms with Crippen molar-refractivity contribution in [2.75, 3.05) is 7.11 Å². The molecule has 0 fully saturated rings. The fourth-order valence-electron chi connectivity index (χ4n) is 3.09. The van der Waals surface area contributed by atoms with Gasteiger partial charge in [-0.2, -0.15) is 0 Å². The standard InChI is InChI=1S/C22H19N3O3S/c1-3-11-25-21(15-7-5-4-6-8-15)23-24-22(25)29-14-16-12-20(26)28-19-13-17(27-2)9-10-18(16)19/h3-10,12-13H,1,11,14H2,2H3. The van der Waals surface area contributed by atoms with Crippen molar-refractivity contribution in [3.05, 3.63) is 83.2 Å². The van der Waals surface area contributed by atoms with E-state index in [1.807, 2.05) is 53.1 Å². The Hall–Kier alpha value is -3.32. The molecule has 0 aliphatic carbocycles. The zero-order chi connectivity index (χ0) is 20.2. The van der Waals surface area contributed by atoms with Crippen molar-refractivity contribution in [2.45, 2.75) is 17.5 Å². The molecule has 6 nitrogen and oxygen atoms in total. The van der Waals surface area contributed by atoms with E-state index in [1.54, 1.807) is 13.2 Å². The molecule has 0 atom stereocenters. The summed E-state index contributed by atoms with van der Waals surface area (Å²) in [6.07, 6.45) is 1.82. The van der Waals surface area contributed by atoms with Crippen molar-refractivity contribution in [3.63, 3.8) is 0 Å². The molecule has 2 heterocycles. The number of rotatable bonds is 7. The molecule has 0 radical (unpaired) electrons. The van der Waals surface area contributed by atoms with Gasteiger partial charge in [-0.1, -0.05) is 48.2 Å². The average molecular weight is 405 g/mol. The Bertz CT molecular complexity index is 1220. The van der Waals surface area contributed by atoms with Crippen LogP contribution >= 0.6 is 11.8 Å². The molecule has 0 spiro atoms. The van der Waals surface area contributed by atoms with Gasteiger partial charge < -0.3 is 9.15 Å². The lowest BCUT2D eigenvalue weighted by molar-refractivity contribution is 0.414. The van der Waals surface area contributed by atoms with Crippen LogP contribution in [-0.4, -0.2) is 21.9 Å². The first kappa shape index (κ1) is 19.0. The van der Waals surface area contributed by atoms with Gasteiger partial charge >= 0.3 is 5.63 Å². The maximum Gasteiger partial charge on any atom is 0.336 e. The van der Waals surface area contributed by atoms with E-state index >= 15 is 0 Å². The second kappa shape index (κ2) is 8.36. The van der Waals surface area contributed by atoms with Crippen LogP contribution in [0.25, 0.3) is 22.4 Å². The minimum atomic E-state index is -0.390. The number of ether oxygens (including phenoxy) is 1. The molecule has 0 saturated carbocycles. The molecule has 0 aliphatic rings. The molecule has 29 heavy (non-hydrogen) atoms. The number of nitrogens with zero attached hydrogens (tertiary/aromatic N) is 3. The molecule has 4 rings (SSSR count). The lowest BCUT2D eigenvalue weighted by Crippen LogP contribution is -2.02. The van der Waals surface area contributed by atoms with Gasteiger partial charge in [0, 0.05) is 35.4 Å². The van der Waals surface area contributed by atoms with Gasteiger partial charge in [-0.25, -0.2) is 4.79 Å². The van der Waals surface area contributed by atoms with Crippen molar-refractivity contribution in [1.29, 1.82) is 0 Å². The van der Waals surface area contributed by atoms with E-state index in [0.717, 1.165) is 27.5 Å². The quantitative estimate of drug-likeness (QED) is 0.255. The lowest BCUT2D eigenvalue weighted by Gasteiger charge is -2.09. The molecule has 7 heteroatoms. The largest absolute Gasteiger partial charge is 0.497 e. The summed E-state index contributed by atoms with van der Waals surface area (Å²) in [5.74, 6) is 1.98. The predicted molar refractivity (Wildman–Crippen MR) is 114 cm³/mol. The van der Waals surface area contributed by atoms with E-state index < -0.39 is 0 Å². The molecule has 0 unspecified atom stereocenters. The smallest absolute Gasteiger partial charge is 0.336 e. The second-order valence-corrected chi connectivity index (χ2v) is 7.26. The number of benzene rings is 2. The second-order valence-electron chi connectivity index (χ2n) is 6.31. The molecule has 0 N–H and O–H groups in total. The number of methoxy groups -OCH3 is 1. The maximum atomic E-state index is 12.0. The van der Waals surface area contributed by atoms with Crippen molar-refractivity contribution >= 4 is 22.7 Å². The highest BCUT2D eigenvalue weighted by atomic mass is 32.2. The van der Waals surface area contributed by atoms with E-state index in [1.165, 1.54) is 17.8 Å². The highest BCUT2D eigenvalue weighted by Gasteiger charge is 2.15. The number of thioether (sulfide) groups is 1. The summed E-state index contributed by atoms with van der Waals surface area (Å²) in [5.41, 5.74) is 1.98. The van der Waals surface area contributed by atoms with Gasteiger partial charge in [0.05, 0.1) is 7.11 Å². The summed E-state index contributed by atoms with van der Waals surface area (Å²) in [5, 5.41) is 10.4. The molecule has 0 aliphatic heterocycles. The van der Waals surface area contributed by atoms with Gasteiger partial charge in [-0.3, -0.25) is 4.57 Å². The van der Waals surface area contributed by atoms with E-state index in [-0.39, 0.29) is 5.63 Å². The summed E-state index contributed by atoms with van der Waals surface area (Å²) in [7, 11) is 1.58. The van der Waals surface area contributed by atoms with E-state index in [0.29, 0.717) is 23.6 Å². The van der Waals surface area contributed by atoms with Crippen LogP contribution in [-0.2, 0) is 12.3 Å². The van der Waals surface area contributed by atoms with Gasteiger partial charge in [0.2, 0.25) is 0 Å². The van der Waals surface area contributed by atoms with Gasteiger partial charge in [0.1, 0.15) is 11.3 Å². The van der Waals surface area contributed by atoms with Crippen LogP contribution in [0.5, 0.6) is 5.75 Å². The van der Waals surface area contributed by atoms with Crippen molar-refractivity contribution in [1.82, 2.24) is 14.8 Å². The number of hydrogen-bond donors (Lipinski definition) is 0. The number of aromatic nitrogens is 3. The molecule has 2 aromatic heterocycles. The van der Waals surface area contributed by atoms with Crippen LogP contribution in [0.4, 0.5) is 0 Å². The van der Waals surface area contributed by atoms with Crippen LogP contribution in [0.15, 0.2) is 81.6 Å². The topological polar surface area (TPSA) is 70.2 Å². The zero-order valence-electron chi connectivity index (χ0n) is 15.9. The highest BCUT2D eigenvalue weighted by Crippen LogP contribution is 2.29. The third kappa shape index (κ3) is 3.95. The zero-order valence-corrected chi connectivity index (χ0v) is 16.7. The summed E-state index contributed by atoms with van der Waals surface area (Å²) in [6.45, 7) is 4.44. The van der Waals surface area contributed by atoms with Crippen molar-refractivity contribution in [3.8, 4) is 17.1 Å². The number of allylic oxidation sites excluding steroid dienone is 1. The first-order chi connectivity index (χ1) is 14.2. The lowest BCUT2D eigenvalue weighted by atomic mass is 10.1. The number of fused-ring (bicyclic) bond motifs is 1. The monoisotopic (exact) mass is 405 g/mol. The molecule has 0 amide bonds. The van der Waals surface area contributed by atoms with Crippen LogP contribution in [0.2, 0.25) is 0 Å². The van der Waals surface area contributed by atoms with Crippen molar-refractivity contribution in [2.24, 2.45) is 0 Å². The summed E-state index contributed by atoms with van der Waals surface area (Å²) in [4.78, 5) is 12.0. The Kier molecular flexibility index (Phi) is 5.48. The minimum Gasteiger partial charge on any atom is -0.497 e. The molecule has 0 bridgehead atoms. The molecule has 2 aromatic carbocycles. The van der Waals surface area contributed by atoms with Crippen LogP contribution in [0, 0.1) is 0 Å². The first-order valence-corrected chi connectivity index (χ1v) is 10.0. The maximum absolute atomic E-state index is 12.0. The van der Waals surface area contributed by atoms with Gasteiger partial charge in [0.25, 0.3) is 0 Å². The predicted octanol–water partition coefficient (Wildman–Crippen LogP) is 4.54. The Morgan fingerprint density at radius 1 is 1.17 bits per heavy atom. The Balaban J connectivity index is 1.67. The fraction of sp³-hybridized carbons (Fsp3) is 0.136. The molecule has 4 aromatic rings. The van der Waals surface area contributed by atoms with Crippen LogP contribution < -0.4 is 10.4 Å².